The summed E-state index contributed by atoms with van der Waals surface area (Å²) in [7, 11) is 0. The third-order valence-electron chi connectivity index (χ3n) is 6.31. The van der Waals surface area contributed by atoms with Gasteiger partial charge >= 0.3 is 0 Å². The maximum absolute atomic E-state index is 12.7. The second-order valence-electron chi connectivity index (χ2n) is 8.53. The molecule has 1 saturated heterocycles. The minimum Gasteiger partial charge on any atom is -0.339 e. The van der Waals surface area contributed by atoms with Crippen LogP contribution in [0.1, 0.15) is 44.1 Å². The van der Waals surface area contributed by atoms with Crippen LogP contribution in [0, 0.1) is 5.92 Å². The van der Waals surface area contributed by atoms with E-state index in [0.717, 1.165) is 42.6 Å². The number of hydrogen-bond acceptors (Lipinski definition) is 5. The van der Waals surface area contributed by atoms with Crippen LogP contribution >= 0.6 is 0 Å². The van der Waals surface area contributed by atoms with Gasteiger partial charge in [0.25, 0.3) is 0 Å². The fourth-order valence-electron chi connectivity index (χ4n) is 4.46. The van der Waals surface area contributed by atoms with Gasteiger partial charge in [-0.05, 0) is 36.1 Å². The van der Waals surface area contributed by atoms with E-state index >= 15 is 0 Å². The van der Waals surface area contributed by atoms with Gasteiger partial charge in [0, 0.05) is 50.7 Å². The number of carbonyl (C=O) groups is 2. The monoisotopic (exact) mass is 421 g/mol. The average molecular weight is 422 g/mol. The summed E-state index contributed by atoms with van der Waals surface area (Å²) in [5.41, 5.74) is 1.76. The molecule has 1 saturated carbocycles. The second kappa shape index (κ2) is 10.4. The van der Waals surface area contributed by atoms with Crippen molar-refractivity contribution in [3.05, 3.63) is 48.3 Å². The fourth-order valence-corrected chi connectivity index (χ4v) is 4.46. The predicted molar refractivity (Wildman–Crippen MR) is 121 cm³/mol. The fraction of sp³-hybridized carbons (Fsp3) is 0.500. The first-order chi connectivity index (χ1) is 15.2. The smallest absolute Gasteiger partial charge is 0.227 e. The topological polar surface area (TPSA) is 78.4 Å². The first-order valence-electron chi connectivity index (χ1n) is 11.4. The summed E-state index contributed by atoms with van der Waals surface area (Å²) in [6.45, 7) is 2.82. The van der Waals surface area contributed by atoms with Gasteiger partial charge < -0.3 is 15.1 Å². The van der Waals surface area contributed by atoms with Crippen LogP contribution in [0.2, 0.25) is 0 Å². The van der Waals surface area contributed by atoms with E-state index in [0.29, 0.717) is 25.9 Å². The molecule has 1 aromatic heterocycles. The lowest BCUT2D eigenvalue weighted by Crippen LogP contribution is -2.49. The standard InChI is InChI=1S/C24H31N5O2/c30-22(11-8-19-4-1-2-5-19)27-21-9-6-20(7-10-21)18-23(31)28-14-16-29(17-15-28)24-25-12-3-13-26-24/h3,6-7,9-10,12-13,19H,1-2,4-5,8,11,14-18H2,(H,27,30). The van der Waals surface area contributed by atoms with Crippen molar-refractivity contribution >= 4 is 23.5 Å². The average Bonchev–Trinajstić information content (AvgIpc) is 3.33. The Morgan fingerprint density at radius 2 is 1.65 bits per heavy atom. The number of benzene rings is 1. The molecule has 7 heteroatoms. The third-order valence-corrected chi connectivity index (χ3v) is 6.31. The maximum atomic E-state index is 12.7. The Hall–Kier alpha value is -2.96. The number of carbonyl (C=O) groups excluding carboxylic acids is 2. The first-order valence-corrected chi connectivity index (χ1v) is 11.4. The normalized spacial score (nSPS) is 17.0. The SMILES string of the molecule is O=C(CCC1CCCC1)Nc1ccc(CC(=O)N2CCN(c3ncccn3)CC2)cc1. The summed E-state index contributed by atoms with van der Waals surface area (Å²) >= 11 is 0. The van der Waals surface area contributed by atoms with Crippen LogP contribution in [-0.4, -0.2) is 52.9 Å². The van der Waals surface area contributed by atoms with E-state index in [1.165, 1.54) is 25.7 Å². The van der Waals surface area contributed by atoms with Gasteiger partial charge in [-0.15, -0.1) is 0 Å². The lowest BCUT2D eigenvalue weighted by Gasteiger charge is -2.34. The first kappa shape index (κ1) is 21.3. The summed E-state index contributed by atoms with van der Waals surface area (Å²) in [5.74, 6) is 1.65. The van der Waals surface area contributed by atoms with Crippen molar-refractivity contribution in [3.8, 4) is 0 Å². The quantitative estimate of drug-likeness (QED) is 0.742. The number of nitrogens with one attached hydrogen (secondary N) is 1. The molecule has 4 rings (SSSR count). The van der Waals surface area contributed by atoms with Crippen molar-refractivity contribution in [2.45, 2.75) is 44.9 Å². The molecular formula is C24H31N5O2. The van der Waals surface area contributed by atoms with Gasteiger partial charge in [0.15, 0.2) is 0 Å². The summed E-state index contributed by atoms with van der Waals surface area (Å²) < 4.78 is 0. The van der Waals surface area contributed by atoms with Crippen LogP contribution in [0.3, 0.4) is 0 Å². The van der Waals surface area contributed by atoms with Crippen LogP contribution < -0.4 is 10.2 Å². The van der Waals surface area contributed by atoms with Crippen LogP contribution in [0.5, 0.6) is 0 Å². The molecule has 2 amide bonds. The van der Waals surface area contributed by atoms with E-state index in [2.05, 4.69) is 20.2 Å². The Bertz CT molecular complexity index is 857. The van der Waals surface area contributed by atoms with Crippen LogP contribution in [0.25, 0.3) is 0 Å². The molecule has 7 nitrogen and oxygen atoms in total. The van der Waals surface area contributed by atoms with Crippen molar-refractivity contribution in [3.63, 3.8) is 0 Å². The minimum absolute atomic E-state index is 0.0796. The molecule has 0 bridgehead atoms. The molecule has 31 heavy (non-hydrogen) atoms. The minimum atomic E-state index is 0.0796. The lowest BCUT2D eigenvalue weighted by molar-refractivity contribution is -0.130. The Labute approximate surface area is 183 Å². The van der Waals surface area contributed by atoms with E-state index < -0.39 is 0 Å². The number of rotatable bonds is 7. The van der Waals surface area contributed by atoms with Crippen molar-refractivity contribution in [2.75, 3.05) is 36.4 Å². The second-order valence-corrected chi connectivity index (χ2v) is 8.53. The Kier molecular flexibility index (Phi) is 7.12. The van der Waals surface area contributed by atoms with Gasteiger partial charge in [-0.3, -0.25) is 9.59 Å². The van der Waals surface area contributed by atoms with E-state index in [1.807, 2.05) is 29.2 Å². The molecule has 1 aromatic carbocycles. The van der Waals surface area contributed by atoms with Gasteiger partial charge in [0.2, 0.25) is 17.8 Å². The molecule has 1 aliphatic heterocycles. The van der Waals surface area contributed by atoms with Crippen molar-refractivity contribution in [2.24, 2.45) is 5.92 Å². The van der Waals surface area contributed by atoms with Crippen LogP contribution in [0.15, 0.2) is 42.7 Å². The molecule has 0 radical (unpaired) electrons. The largest absolute Gasteiger partial charge is 0.339 e. The number of amides is 2. The molecule has 2 heterocycles. The number of aromatic nitrogens is 2. The maximum Gasteiger partial charge on any atom is 0.227 e. The summed E-state index contributed by atoms with van der Waals surface area (Å²) in [6, 6.07) is 9.44. The van der Waals surface area contributed by atoms with Gasteiger partial charge in [-0.25, -0.2) is 9.97 Å². The highest BCUT2D eigenvalue weighted by Gasteiger charge is 2.22. The van der Waals surface area contributed by atoms with Gasteiger partial charge in [-0.1, -0.05) is 37.8 Å². The van der Waals surface area contributed by atoms with Crippen LogP contribution in [-0.2, 0) is 16.0 Å². The summed E-state index contributed by atoms with van der Waals surface area (Å²) in [4.78, 5) is 37.4. The third kappa shape index (κ3) is 6.03. The number of hydrogen-bond donors (Lipinski definition) is 1. The molecule has 0 unspecified atom stereocenters. The molecule has 1 aliphatic carbocycles. The Morgan fingerprint density at radius 3 is 2.32 bits per heavy atom. The van der Waals surface area contributed by atoms with E-state index in [-0.39, 0.29) is 11.8 Å². The highest BCUT2D eigenvalue weighted by atomic mass is 16.2. The van der Waals surface area contributed by atoms with Crippen molar-refractivity contribution < 1.29 is 9.59 Å². The zero-order chi connectivity index (χ0) is 21.5. The molecule has 0 spiro atoms. The highest BCUT2D eigenvalue weighted by molar-refractivity contribution is 5.90. The Morgan fingerprint density at radius 1 is 0.968 bits per heavy atom. The van der Waals surface area contributed by atoms with Gasteiger partial charge in [-0.2, -0.15) is 0 Å². The van der Waals surface area contributed by atoms with E-state index in [1.54, 1.807) is 18.5 Å². The highest BCUT2D eigenvalue weighted by Crippen LogP contribution is 2.28. The molecule has 0 atom stereocenters. The molecule has 1 N–H and O–H groups in total. The molecule has 2 aliphatic rings. The predicted octanol–water partition coefficient (Wildman–Crippen LogP) is 3.28. The molecule has 2 fully saturated rings. The molecule has 2 aromatic rings. The number of anilines is 2. The summed E-state index contributed by atoms with van der Waals surface area (Å²) in [6.07, 6.45) is 10.6. The molecule has 164 valence electrons. The van der Waals surface area contributed by atoms with Gasteiger partial charge in [0.05, 0.1) is 6.42 Å². The van der Waals surface area contributed by atoms with Gasteiger partial charge in [0.1, 0.15) is 0 Å². The molecular weight excluding hydrogens is 390 g/mol. The Balaban J connectivity index is 1.20. The zero-order valence-corrected chi connectivity index (χ0v) is 18.0. The summed E-state index contributed by atoms with van der Waals surface area (Å²) in [5, 5.41) is 2.98. The van der Waals surface area contributed by atoms with Crippen LogP contribution in [0.4, 0.5) is 11.6 Å². The lowest BCUT2D eigenvalue weighted by atomic mass is 10.0. The van der Waals surface area contributed by atoms with E-state index in [9.17, 15) is 9.59 Å². The van der Waals surface area contributed by atoms with Crippen molar-refractivity contribution in [1.82, 2.24) is 14.9 Å². The van der Waals surface area contributed by atoms with Crippen molar-refractivity contribution in [1.29, 1.82) is 0 Å². The number of nitrogens with zero attached hydrogens (tertiary/aromatic N) is 4. The van der Waals surface area contributed by atoms with E-state index in [4.69, 9.17) is 0 Å². The zero-order valence-electron chi connectivity index (χ0n) is 18.0. The number of piperazine rings is 1.